The van der Waals surface area contributed by atoms with E-state index < -0.39 is 23.8 Å². The maximum Gasteiger partial charge on any atom is 0.411 e. The first-order chi connectivity index (χ1) is 11.3. The minimum absolute atomic E-state index is 0.0130. The summed E-state index contributed by atoms with van der Waals surface area (Å²) < 4.78 is 10.4. The lowest BCUT2D eigenvalue weighted by molar-refractivity contribution is -0.160. The van der Waals surface area contributed by atoms with Crippen molar-refractivity contribution in [2.45, 2.75) is 32.0 Å². The van der Waals surface area contributed by atoms with Crippen LogP contribution >= 0.6 is 0 Å². The number of anilines is 1. The van der Waals surface area contributed by atoms with E-state index >= 15 is 0 Å². The summed E-state index contributed by atoms with van der Waals surface area (Å²) in [4.78, 5) is 38.9. The van der Waals surface area contributed by atoms with Gasteiger partial charge in [0.25, 0.3) is 0 Å². The monoisotopic (exact) mass is 334 g/mol. The normalized spacial score (nSPS) is 24.4. The SMILES string of the molecule is COC(=O)N1CCC2(OC(C)=O)c3cc(O)ccc3N(C(C)=O)C12. The Bertz CT molecular complexity index is 733. The lowest BCUT2D eigenvalue weighted by atomic mass is 9.92. The number of nitrogens with zero attached hydrogens (tertiary/aromatic N) is 2. The number of carbonyl (C=O) groups excluding carboxylic acids is 3. The number of methoxy groups -OCH3 is 1. The summed E-state index contributed by atoms with van der Waals surface area (Å²) in [5.74, 6) is -0.857. The van der Waals surface area contributed by atoms with Crippen LogP contribution in [0.25, 0.3) is 0 Å². The van der Waals surface area contributed by atoms with Gasteiger partial charge < -0.3 is 14.6 Å². The number of carbonyl (C=O) groups is 3. The van der Waals surface area contributed by atoms with E-state index in [1.807, 2.05) is 0 Å². The van der Waals surface area contributed by atoms with Gasteiger partial charge in [0.1, 0.15) is 5.75 Å². The Morgan fingerprint density at radius 1 is 1.29 bits per heavy atom. The van der Waals surface area contributed by atoms with Crippen molar-refractivity contribution in [1.82, 2.24) is 4.90 Å². The van der Waals surface area contributed by atoms with Crippen molar-refractivity contribution < 1.29 is 29.0 Å². The van der Waals surface area contributed by atoms with E-state index in [0.717, 1.165) is 0 Å². The largest absolute Gasteiger partial charge is 0.508 e. The fourth-order valence-electron chi connectivity index (χ4n) is 3.68. The van der Waals surface area contributed by atoms with Gasteiger partial charge in [0, 0.05) is 32.4 Å². The zero-order chi connectivity index (χ0) is 17.6. The topological polar surface area (TPSA) is 96.4 Å². The van der Waals surface area contributed by atoms with E-state index in [0.29, 0.717) is 17.7 Å². The molecule has 1 aromatic carbocycles. The highest BCUT2D eigenvalue weighted by Crippen LogP contribution is 2.54. The van der Waals surface area contributed by atoms with Crippen LogP contribution in [0.1, 0.15) is 25.8 Å². The van der Waals surface area contributed by atoms with Crippen molar-refractivity contribution in [3.63, 3.8) is 0 Å². The van der Waals surface area contributed by atoms with Crippen molar-refractivity contribution in [2.75, 3.05) is 18.6 Å². The van der Waals surface area contributed by atoms with Gasteiger partial charge in [-0.15, -0.1) is 0 Å². The third kappa shape index (κ3) is 2.10. The van der Waals surface area contributed by atoms with Gasteiger partial charge in [0.05, 0.1) is 12.8 Å². The van der Waals surface area contributed by atoms with Crippen molar-refractivity contribution >= 4 is 23.7 Å². The number of phenols is 1. The highest BCUT2D eigenvalue weighted by Gasteiger charge is 2.62. The Morgan fingerprint density at radius 2 is 2.00 bits per heavy atom. The maximum absolute atomic E-state index is 12.3. The van der Waals surface area contributed by atoms with Gasteiger partial charge in [-0.25, -0.2) is 4.79 Å². The van der Waals surface area contributed by atoms with E-state index in [4.69, 9.17) is 9.47 Å². The minimum atomic E-state index is -1.22. The molecule has 8 heteroatoms. The quantitative estimate of drug-likeness (QED) is 0.778. The first kappa shape index (κ1) is 16.1. The lowest BCUT2D eigenvalue weighted by Gasteiger charge is -2.35. The maximum atomic E-state index is 12.3. The van der Waals surface area contributed by atoms with Crippen molar-refractivity contribution in [3.05, 3.63) is 23.8 Å². The Kier molecular flexibility index (Phi) is 3.62. The van der Waals surface area contributed by atoms with Crippen LogP contribution in [0, 0.1) is 0 Å². The molecule has 8 nitrogen and oxygen atoms in total. The van der Waals surface area contributed by atoms with Crippen molar-refractivity contribution in [2.24, 2.45) is 0 Å². The van der Waals surface area contributed by atoms with Gasteiger partial charge in [-0.2, -0.15) is 0 Å². The molecule has 2 unspecified atom stereocenters. The van der Waals surface area contributed by atoms with Crippen LogP contribution in [-0.4, -0.2) is 47.8 Å². The van der Waals surface area contributed by atoms with E-state index in [9.17, 15) is 19.5 Å². The second kappa shape index (κ2) is 5.40. The van der Waals surface area contributed by atoms with Gasteiger partial charge in [0.15, 0.2) is 11.8 Å². The molecule has 1 saturated heterocycles. The van der Waals surface area contributed by atoms with Crippen LogP contribution in [0.5, 0.6) is 5.75 Å². The standard InChI is InChI=1S/C16H18N2O6/c1-9(19)18-13-5-4-11(21)8-12(13)16(24-10(2)20)6-7-17(14(16)18)15(22)23-3/h4-5,8,14,21H,6-7H2,1-3H3. The molecule has 128 valence electrons. The molecule has 24 heavy (non-hydrogen) atoms. The molecular weight excluding hydrogens is 316 g/mol. The number of hydrogen-bond donors (Lipinski definition) is 1. The zero-order valence-corrected chi connectivity index (χ0v) is 13.6. The predicted octanol–water partition coefficient (Wildman–Crippen LogP) is 1.32. The first-order valence-electron chi connectivity index (χ1n) is 7.49. The molecule has 3 rings (SSSR count). The number of phenolic OH excluding ortho intramolecular Hbond substituents is 1. The molecule has 1 N–H and O–H groups in total. The van der Waals surface area contributed by atoms with Gasteiger partial charge in [0.2, 0.25) is 5.91 Å². The van der Waals surface area contributed by atoms with Gasteiger partial charge in [-0.05, 0) is 18.2 Å². The summed E-state index contributed by atoms with van der Waals surface area (Å²) >= 11 is 0. The summed E-state index contributed by atoms with van der Waals surface area (Å²) in [6, 6.07) is 4.49. The fourth-order valence-corrected chi connectivity index (χ4v) is 3.68. The minimum Gasteiger partial charge on any atom is -0.508 e. The number of fused-ring (bicyclic) bond motifs is 3. The van der Waals surface area contributed by atoms with Gasteiger partial charge in [-0.3, -0.25) is 19.4 Å². The molecule has 2 heterocycles. The molecule has 0 saturated carbocycles. The van der Waals surface area contributed by atoms with Gasteiger partial charge >= 0.3 is 12.1 Å². The van der Waals surface area contributed by atoms with Crippen LogP contribution in [0.4, 0.5) is 10.5 Å². The van der Waals surface area contributed by atoms with Crippen LogP contribution in [-0.2, 0) is 24.7 Å². The molecule has 0 bridgehead atoms. The molecule has 2 amide bonds. The number of hydrogen-bond acceptors (Lipinski definition) is 6. The highest BCUT2D eigenvalue weighted by atomic mass is 16.6. The number of amides is 2. The van der Waals surface area contributed by atoms with E-state index in [1.165, 1.54) is 42.9 Å². The number of aromatic hydroxyl groups is 1. The molecule has 2 aliphatic heterocycles. The van der Waals surface area contributed by atoms with Crippen LogP contribution in [0.3, 0.4) is 0 Å². The molecule has 0 aliphatic carbocycles. The van der Waals surface area contributed by atoms with E-state index in [-0.39, 0.29) is 18.2 Å². The number of likely N-dealkylation sites (tertiary alicyclic amines) is 1. The molecule has 2 aliphatic rings. The average molecular weight is 334 g/mol. The van der Waals surface area contributed by atoms with E-state index in [2.05, 4.69) is 0 Å². The average Bonchev–Trinajstić information content (AvgIpc) is 2.98. The van der Waals surface area contributed by atoms with Crippen molar-refractivity contribution in [3.8, 4) is 5.75 Å². The van der Waals surface area contributed by atoms with Gasteiger partial charge in [-0.1, -0.05) is 0 Å². The summed E-state index contributed by atoms with van der Waals surface area (Å²) in [6.07, 6.45) is -1.16. The Hall–Kier alpha value is -2.77. The summed E-state index contributed by atoms with van der Waals surface area (Å²) in [5.41, 5.74) is -0.218. The fraction of sp³-hybridized carbons (Fsp3) is 0.438. The third-order valence-corrected chi connectivity index (χ3v) is 4.45. The smallest absolute Gasteiger partial charge is 0.411 e. The summed E-state index contributed by atoms with van der Waals surface area (Å²) in [6.45, 7) is 2.89. The Morgan fingerprint density at radius 3 is 2.58 bits per heavy atom. The third-order valence-electron chi connectivity index (χ3n) is 4.45. The van der Waals surface area contributed by atoms with Crippen molar-refractivity contribution in [1.29, 1.82) is 0 Å². The second-order valence-electron chi connectivity index (χ2n) is 5.86. The van der Waals surface area contributed by atoms with Crippen LogP contribution in [0.2, 0.25) is 0 Å². The number of benzene rings is 1. The predicted molar refractivity (Wildman–Crippen MR) is 82.2 cm³/mol. The number of rotatable bonds is 1. The molecule has 0 radical (unpaired) electrons. The summed E-state index contributed by atoms with van der Waals surface area (Å²) in [7, 11) is 1.25. The van der Waals surface area contributed by atoms with Crippen LogP contribution < -0.4 is 4.90 Å². The second-order valence-corrected chi connectivity index (χ2v) is 5.86. The zero-order valence-electron chi connectivity index (χ0n) is 13.6. The molecule has 0 aromatic heterocycles. The highest BCUT2D eigenvalue weighted by molar-refractivity contribution is 5.97. The number of esters is 1. The molecule has 1 fully saturated rings. The Labute approximate surface area is 138 Å². The molecular formula is C16H18N2O6. The summed E-state index contributed by atoms with van der Waals surface area (Å²) in [5, 5.41) is 9.86. The number of ether oxygens (including phenoxy) is 2. The molecule has 0 spiro atoms. The molecule has 1 aromatic rings. The Balaban J connectivity index is 2.22. The van der Waals surface area contributed by atoms with E-state index in [1.54, 1.807) is 6.07 Å². The first-order valence-corrected chi connectivity index (χ1v) is 7.49. The molecule has 2 atom stereocenters. The lowest BCUT2D eigenvalue weighted by Crippen LogP contribution is -2.54. The van der Waals surface area contributed by atoms with Crippen LogP contribution in [0.15, 0.2) is 18.2 Å².